The molecule has 1 aliphatic rings. The molecule has 0 spiro atoms. The molecule has 5 heteroatoms. The number of ether oxygens (including phenoxy) is 1. The quantitative estimate of drug-likeness (QED) is 0.375. The van der Waals surface area contributed by atoms with Crippen molar-refractivity contribution in [2.24, 2.45) is 11.1 Å². The van der Waals surface area contributed by atoms with Crippen molar-refractivity contribution >= 4 is 23.4 Å². The number of hydrogen-bond acceptors (Lipinski definition) is 5. The largest absolute Gasteiger partial charge is 0.468 e. The lowest BCUT2D eigenvalue weighted by molar-refractivity contribution is -0.142. The highest BCUT2D eigenvalue weighted by molar-refractivity contribution is 8.01. The SMILES string of the molecule is COC(=O)C1CSC(C)C1=NO. The van der Waals surface area contributed by atoms with Crippen molar-refractivity contribution < 1.29 is 14.7 Å². The summed E-state index contributed by atoms with van der Waals surface area (Å²) in [5, 5.41) is 11.8. The van der Waals surface area contributed by atoms with E-state index < -0.39 is 0 Å². The summed E-state index contributed by atoms with van der Waals surface area (Å²) in [5.41, 5.74) is 0.520. The zero-order valence-electron chi connectivity index (χ0n) is 6.98. The highest BCUT2D eigenvalue weighted by atomic mass is 32.2. The number of oxime groups is 1. The predicted molar refractivity (Wildman–Crippen MR) is 46.6 cm³/mol. The summed E-state index contributed by atoms with van der Waals surface area (Å²) in [7, 11) is 1.34. The van der Waals surface area contributed by atoms with Crippen LogP contribution in [0.3, 0.4) is 0 Å². The zero-order chi connectivity index (χ0) is 9.14. The minimum Gasteiger partial charge on any atom is -0.468 e. The van der Waals surface area contributed by atoms with Gasteiger partial charge in [-0.15, -0.1) is 0 Å². The summed E-state index contributed by atoms with van der Waals surface area (Å²) in [5.74, 6) is -0.0348. The van der Waals surface area contributed by atoms with Gasteiger partial charge in [0, 0.05) is 11.0 Å². The van der Waals surface area contributed by atoms with Crippen LogP contribution in [-0.2, 0) is 9.53 Å². The molecule has 1 fully saturated rings. The van der Waals surface area contributed by atoms with Crippen molar-refractivity contribution in [1.29, 1.82) is 0 Å². The molecular formula is C7H11NO3S. The van der Waals surface area contributed by atoms with E-state index in [1.54, 1.807) is 11.8 Å². The Morgan fingerprint density at radius 1 is 1.83 bits per heavy atom. The number of methoxy groups -OCH3 is 1. The van der Waals surface area contributed by atoms with Crippen molar-refractivity contribution in [2.75, 3.05) is 12.9 Å². The fourth-order valence-corrected chi connectivity index (χ4v) is 2.35. The molecule has 0 amide bonds. The van der Waals surface area contributed by atoms with Gasteiger partial charge in [-0.2, -0.15) is 11.8 Å². The van der Waals surface area contributed by atoms with Gasteiger partial charge >= 0.3 is 5.97 Å². The summed E-state index contributed by atoms with van der Waals surface area (Å²) in [6.45, 7) is 1.91. The Bertz CT molecular complexity index is 217. The van der Waals surface area contributed by atoms with Gasteiger partial charge in [0.05, 0.1) is 12.8 Å². The summed E-state index contributed by atoms with van der Waals surface area (Å²) < 4.78 is 4.57. The Hall–Kier alpha value is -0.710. The van der Waals surface area contributed by atoms with E-state index in [0.717, 1.165) is 0 Å². The van der Waals surface area contributed by atoms with Gasteiger partial charge in [0.15, 0.2) is 0 Å². The highest BCUT2D eigenvalue weighted by Gasteiger charge is 2.36. The number of carbonyl (C=O) groups is 1. The second-order valence-electron chi connectivity index (χ2n) is 2.58. The maximum Gasteiger partial charge on any atom is 0.315 e. The lowest BCUT2D eigenvalue weighted by atomic mass is 10.0. The number of thioether (sulfide) groups is 1. The number of carbonyl (C=O) groups excluding carboxylic acids is 1. The highest BCUT2D eigenvalue weighted by Crippen LogP contribution is 2.29. The van der Waals surface area contributed by atoms with Gasteiger partial charge in [0.1, 0.15) is 5.92 Å². The smallest absolute Gasteiger partial charge is 0.315 e. The normalized spacial score (nSPS) is 32.3. The lowest BCUT2D eigenvalue weighted by Crippen LogP contribution is -2.26. The fraction of sp³-hybridized carbons (Fsp3) is 0.714. The first-order valence-electron chi connectivity index (χ1n) is 3.62. The van der Waals surface area contributed by atoms with E-state index >= 15 is 0 Å². The van der Waals surface area contributed by atoms with Crippen LogP contribution in [0.2, 0.25) is 0 Å². The van der Waals surface area contributed by atoms with Gasteiger partial charge < -0.3 is 9.94 Å². The molecule has 68 valence electrons. The Morgan fingerprint density at radius 3 is 3.00 bits per heavy atom. The topological polar surface area (TPSA) is 58.9 Å². The number of hydrogen-bond donors (Lipinski definition) is 1. The molecule has 1 aliphatic heterocycles. The number of nitrogens with zero attached hydrogens (tertiary/aromatic N) is 1. The predicted octanol–water partition coefficient (Wildman–Crippen LogP) is 0.741. The summed E-state index contributed by atoms with van der Waals surface area (Å²) in [6, 6.07) is 0. The molecule has 0 saturated carbocycles. The third kappa shape index (κ3) is 1.55. The lowest BCUT2D eigenvalue weighted by Gasteiger charge is -2.06. The molecule has 0 bridgehead atoms. The molecule has 1 heterocycles. The standard InChI is InChI=1S/C7H11NO3S/c1-4-6(8-10)5(3-12-4)7(9)11-2/h4-5,10H,3H2,1-2H3. The molecular weight excluding hydrogens is 178 g/mol. The summed E-state index contributed by atoms with van der Waals surface area (Å²) >= 11 is 1.59. The maximum absolute atomic E-state index is 11.1. The fourth-order valence-electron chi connectivity index (χ4n) is 1.18. The second kappa shape index (κ2) is 3.80. The van der Waals surface area contributed by atoms with E-state index in [2.05, 4.69) is 9.89 Å². The van der Waals surface area contributed by atoms with Crippen LogP contribution in [0.5, 0.6) is 0 Å². The van der Waals surface area contributed by atoms with Crippen molar-refractivity contribution in [3.63, 3.8) is 0 Å². The van der Waals surface area contributed by atoms with E-state index in [0.29, 0.717) is 11.5 Å². The zero-order valence-corrected chi connectivity index (χ0v) is 7.80. The Labute approximate surface area is 75.0 Å². The molecule has 12 heavy (non-hydrogen) atoms. The van der Waals surface area contributed by atoms with Gasteiger partial charge in [0.2, 0.25) is 0 Å². The summed E-state index contributed by atoms with van der Waals surface area (Å²) in [6.07, 6.45) is 0. The molecule has 1 N–H and O–H groups in total. The van der Waals surface area contributed by atoms with Crippen molar-refractivity contribution in [3.8, 4) is 0 Å². The van der Waals surface area contributed by atoms with Crippen LogP contribution in [0.1, 0.15) is 6.92 Å². The summed E-state index contributed by atoms with van der Waals surface area (Å²) in [4.78, 5) is 11.1. The number of rotatable bonds is 1. The van der Waals surface area contributed by atoms with Crippen LogP contribution in [-0.4, -0.2) is 35.0 Å². The van der Waals surface area contributed by atoms with Crippen molar-refractivity contribution in [2.45, 2.75) is 12.2 Å². The van der Waals surface area contributed by atoms with Gasteiger partial charge in [-0.05, 0) is 6.92 Å². The minimum absolute atomic E-state index is 0.110. The molecule has 0 aliphatic carbocycles. The van der Waals surface area contributed by atoms with Crippen LogP contribution in [0.15, 0.2) is 5.16 Å². The molecule has 2 unspecified atom stereocenters. The van der Waals surface area contributed by atoms with Crippen molar-refractivity contribution in [1.82, 2.24) is 0 Å². The molecule has 1 rings (SSSR count). The molecule has 4 nitrogen and oxygen atoms in total. The van der Waals surface area contributed by atoms with E-state index in [9.17, 15) is 4.79 Å². The molecule has 0 radical (unpaired) electrons. The molecule has 0 aromatic rings. The van der Waals surface area contributed by atoms with Gasteiger partial charge in [0.25, 0.3) is 0 Å². The average molecular weight is 189 g/mol. The van der Waals surface area contributed by atoms with Crippen LogP contribution < -0.4 is 0 Å². The Kier molecular flexibility index (Phi) is 2.97. The van der Waals surface area contributed by atoms with Gasteiger partial charge in [-0.3, -0.25) is 4.79 Å². The van der Waals surface area contributed by atoms with E-state index in [-0.39, 0.29) is 17.1 Å². The first-order chi connectivity index (χ1) is 5.70. The van der Waals surface area contributed by atoms with Crippen molar-refractivity contribution in [3.05, 3.63) is 0 Å². The molecule has 0 aromatic heterocycles. The van der Waals surface area contributed by atoms with E-state index in [4.69, 9.17) is 5.21 Å². The third-order valence-corrected chi connectivity index (χ3v) is 3.15. The minimum atomic E-state index is -0.361. The van der Waals surface area contributed by atoms with E-state index in [1.165, 1.54) is 7.11 Å². The monoisotopic (exact) mass is 189 g/mol. The van der Waals surface area contributed by atoms with E-state index in [1.807, 2.05) is 6.92 Å². The molecule has 0 aromatic carbocycles. The second-order valence-corrected chi connectivity index (χ2v) is 3.95. The first-order valence-corrected chi connectivity index (χ1v) is 4.66. The van der Waals surface area contributed by atoms with Gasteiger partial charge in [-0.1, -0.05) is 5.16 Å². The van der Waals surface area contributed by atoms with Crippen LogP contribution in [0.4, 0.5) is 0 Å². The first kappa shape index (κ1) is 9.38. The molecule has 1 saturated heterocycles. The van der Waals surface area contributed by atoms with Gasteiger partial charge in [-0.25, -0.2) is 0 Å². The molecule has 2 atom stereocenters. The third-order valence-electron chi connectivity index (χ3n) is 1.89. The van der Waals surface area contributed by atoms with Crippen LogP contribution >= 0.6 is 11.8 Å². The average Bonchev–Trinajstić information content (AvgIpc) is 2.45. The number of esters is 1. The Balaban J connectivity index is 2.74. The van der Waals surface area contributed by atoms with Crippen LogP contribution in [0.25, 0.3) is 0 Å². The Morgan fingerprint density at radius 2 is 2.50 bits per heavy atom. The van der Waals surface area contributed by atoms with Crippen LogP contribution in [0, 0.1) is 5.92 Å². The maximum atomic E-state index is 11.1.